The highest BCUT2D eigenvalue weighted by Gasteiger charge is 2.19. The highest BCUT2D eigenvalue weighted by Crippen LogP contribution is 2.22. The number of fused-ring (bicyclic) bond motifs is 1. The van der Waals surface area contributed by atoms with Crippen LogP contribution in [0, 0.1) is 5.82 Å². The van der Waals surface area contributed by atoms with Crippen molar-refractivity contribution in [2.24, 2.45) is 0 Å². The highest BCUT2D eigenvalue weighted by molar-refractivity contribution is 6.04. The summed E-state index contributed by atoms with van der Waals surface area (Å²) in [5.41, 5.74) is 3.87. The Balaban J connectivity index is 1.16. The zero-order chi connectivity index (χ0) is 25.8. The normalized spacial score (nSPS) is 14.1. The lowest BCUT2D eigenvalue weighted by atomic mass is 10.1. The van der Waals surface area contributed by atoms with Gasteiger partial charge in [0.25, 0.3) is 5.91 Å². The van der Waals surface area contributed by atoms with Gasteiger partial charge < -0.3 is 25.4 Å². The predicted molar refractivity (Wildman–Crippen MR) is 140 cm³/mol. The summed E-state index contributed by atoms with van der Waals surface area (Å²) in [7, 11) is 2.05. The largest absolute Gasteiger partial charge is 0.352 e. The molecule has 1 saturated heterocycles. The van der Waals surface area contributed by atoms with Gasteiger partial charge in [-0.05, 0) is 61.5 Å². The predicted octanol–water partition coefficient (Wildman–Crippen LogP) is 3.52. The average molecular weight is 502 g/mol. The molecule has 3 heterocycles. The quantitative estimate of drug-likeness (QED) is 0.375. The molecule has 0 aliphatic carbocycles. The van der Waals surface area contributed by atoms with Gasteiger partial charge >= 0.3 is 6.03 Å². The van der Waals surface area contributed by atoms with Gasteiger partial charge in [-0.2, -0.15) is 0 Å². The number of rotatable bonds is 6. The summed E-state index contributed by atoms with van der Waals surface area (Å²) in [6, 6.07) is 15.2. The molecule has 9 nitrogen and oxygen atoms in total. The monoisotopic (exact) mass is 501 g/mol. The van der Waals surface area contributed by atoms with Crippen LogP contribution in [0.5, 0.6) is 0 Å². The minimum Gasteiger partial charge on any atom is -0.352 e. The van der Waals surface area contributed by atoms with E-state index in [0.29, 0.717) is 41.1 Å². The van der Waals surface area contributed by atoms with Crippen molar-refractivity contribution in [2.75, 3.05) is 45.1 Å². The van der Waals surface area contributed by atoms with Crippen LogP contribution < -0.4 is 10.6 Å². The average Bonchev–Trinajstić information content (AvgIpc) is 3.35. The molecular formula is C27H28FN7O2. The molecule has 3 amide bonds. The van der Waals surface area contributed by atoms with Crippen molar-refractivity contribution in [3.8, 4) is 11.4 Å². The van der Waals surface area contributed by atoms with Crippen LogP contribution in [0.2, 0.25) is 0 Å². The molecule has 0 spiro atoms. The SMILES string of the molecule is CN1CCN(C(=O)Nc2ccc(CCNC(=O)c3ccnc4nc(-c5ccc(F)cc5)[nH]c34)cc2)CC1. The van der Waals surface area contributed by atoms with Gasteiger partial charge in [-0.1, -0.05) is 12.1 Å². The number of nitrogens with zero attached hydrogens (tertiary/aromatic N) is 4. The fraction of sp³-hybridized carbons (Fsp3) is 0.259. The molecule has 0 atom stereocenters. The van der Waals surface area contributed by atoms with E-state index in [1.807, 2.05) is 29.2 Å². The summed E-state index contributed by atoms with van der Waals surface area (Å²) in [4.78, 5) is 41.2. The first-order chi connectivity index (χ1) is 18.0. The molecule has 1 aliphatic heterocycles. The van der Waals surface area contributed by atoms with E-state index < -0.39 is 0 Å². The van der Waals surface area contributed by atoms with Gasteiger partial charge in [0.1, 0.15) is 11.6 Å². The fourth-order valence-corrected chi connectivity index (χ4v) is 4.23. The number of nitrogens with one attached hydrogen (secondary N) is 3. The Morgan fingerprint density at radius 2 is 1.73 bits per heavy atom. The van der Waals surface area contributed by atoms with E-state index in [9.17, 15) is 14.0 Å². The second-order valence-corrected chi connectivity index (χ2v) is 9.07. The standard InChI is InChI=1S/C27H28FN7O2/c1-34-14-16-35(17-15-34)27(37)31-21-8-2-18(3-9-21)10-12-30-26(36)22-11-13-29-25-23(22)32-24(33-25)19-4-6-20(28)7-5-19/h2-9,11,13H,10,12,14-17H2,1H3,(H,30,36)(H,31,37)(H,29,32,33). The molecule has 4 aromatic rings. The molecule has 0 radical (unpaired) electrons. The zero-order valence-corrected chi connectivity index (χ0v) is 20.5. The Morgan fingerprint density at radius 1 is 1.00 bits per heavy atom. The second-order valence-electron chi connectivity index (χ2n) is 9.07. The number of pyridine rings is 1. The van der Waals surface area contributed by atoms with E-state index >= 15 is 0 Å². The number of benzene rings is 2. The number of imidazole rings is 1. The first-order valence-corrected chi connectivity index (χ1v) is 12.2. The number of aromatic nitrogens is 3. The number of halogens is 1. The van der Waals surface area contributed by atoms with E-state index in [2.05, 4.69) is 37.5 Å². The summed E-state index contributed by atoms with van der Waals surface area (Å²) in [6.45, 7) is 3.62. The minimum absolute atomic E-state index is 0.0850. The van der Waals surface area contributed by atoms with Crippen LogP contribution in [0.3, 0.4) is 0 Å². The first-order valence-electron chi connectivity index (χ1n) is 12.2. The Labute approximate surface area is 213 Å². The molecule has 0 unspecified atom stereocenters. The van der Waals surface area contributed by atoms with Crippen molar-refractivity contribution >= 4 is 28.8 Å². The Bertz CT molecular complexity index is 1390. The molecular weight excluding hydrogens is 473 g/mol. The zero-order valence-electron chi connectivity index (χ0n) is 20.5. The molecule has 10 heteroatoms. The van der Waals surface area contributed by atoms with Crippen molar-refractivity contribution in [1.29, 1.82) is 0 Å². The van der Waals surface area contributed by atoms with Gasteiger partial charge in [0.15, 0.2) is 5.65 Å². The first kappa shape index (κ1) is 24.4. The summed E-state index contributed by atoms with van der Waals surface area (Å²) in [5.74, 6) is -0.0524. The highest BCUT2D eigenvalue weighted by atomic mass is 19.1. The molecule has 5 rings (SSSR count). The molecule has 2 aromatic carbocycles. The van der Waals surface area contributed by atoms with Crippen molar-refractivity contribution in [2.45, 2.75) is 6.42 Å². The van der Waals surface area contributed by atoms with Crippen molar-refractivity contribution < 1.29 is 14.0 Å². The number of hydrogen-bond donors (Lipinski definition) is 3. The van der Waals surface area contributed by atoms with Gasteiger partial charge in [0.2, 0.25) is 0 Å². The number of H-pyrrole nitrogens is 1. The van der Waals surface area contributed by atoms with Gasteiger partial charge in [-0.3, -0.25) is 4.79 Å². The molecule has 1 fully saturated rings. The molecule has 1 aliphatic rings. The Morgan fingerprint density at radius 3 is 2.46 bits per heavy atom. The maximum absolute atomic E-state index is 13.3. The second kappa shape index (κ2) is 10.8. The number of carbonyl (C=O) groups is 2. The molecule has 3 N–H and O–H groups in total. The van der Waals surface area contributed by atoms with Crippen LogP contribution in [0.25, 0.3) is 22.6 Å². The summed E-state index contributed by atoms with van der Waals surface area (Å²) < 4.78 is 13.3. The van der Waals surface area contributed by atoms with Crippen LogP contribution >= 0.6 is 0 Å². The van der Waals surface area contributed by atoms with Crippen LogP contribution in [-0.4, -0.2) is 76.5 Å². The number of piperazine rings is 1. The van der Waals surface area contributed by atoms with Crippen molar-refractivity contribution in [3.63, 3.8) is 0 Å². The number of likely N-dealkylation sites (N-methyl/N-ethyl adjacent to an activating group) is 1. The van der Waals surface area contributed by atoms with Crippen LogP contribution in [-0.2, 0) is 6.42 Å². The Kier molecular flexibility index (Phi) is 7.09. The summed E-state index contributed by atoms with van der Waals surface area (Å²) >= 11 is 0. The van der Waals surface area contributed by atoms with Crippen LogP contribution in [0.15, 0.2) is 60.8 Å². The molecule has 190 valence electrons. The minimum atomic E-state index is -0.330. The van der Waals surface area contributed by atoms with Gasteiger partial charge in [0, 0.05) is 50.2 Å². The smallest absolute Gasteiger partial charge is 0.321 e. The van der Waals surface area contributed by atoms with Gasteiger partial charge in [-0.15, -0.1) is 0 Å². The molecule has 2 aromatic heterocycles. The third kappa shape index (κ3) is 5.75. The van der Waals surface area contributed by atoms with E-state index in [1.54, 1.807) is 24.4 Å². The molecule has 0 bridgehead atoms. The van der Waals surface area contributed by atoms with Crippen molar-refractivity contribution in [3.05, 3.63) is 77.7 Å². The van der Waals surface area contributed by atoms with Crippen LogP contribution in [0.1, 0.15) is 15.9 Å². The summed E-state index contributed by atoms with van der Waals surface area (Å²) in [6.07, 6.45) is 2.18. The number of hydrogen-bond acceptors (Lipinski definition) is 5. The molecule has 37 heavy (non-hydrogen) atoms. The van der Waals surface area contributed by atoms with Crippen LogP contribution in [0.4, 0.5) is 14.9 Å². The Hall–Kier alpha value is -4.31. The van der Waals surface area contributed by atoms with E-state index in [1.165, 1.54) is 12.1 Å². The molecule has 0 saturated carbocycles. The fourth-order valence-electron chi connectivity index (χ4n) is 4.23. The lowest BCUT2D eigenvalue weighted by molar-refractivity contribution is 0.0955. The van der Waals surface area contributed by atoms with E-state index in [0.717, 1.165) is 37.4 Å². The van der Waals surface area contributed by atoms with Gasteiger partial charge in [-0.25, -0.2) is 19.2 Å². The number of urea groups is 1. The topological polar surface area (TPSA) is 106 Å². The van der Waals surface area contributed by atoms with E-state index in [4.69, 9.17) is 0 Å². The lowest BCUT2D eigenvalue weighted by Gasteiger charge is -2.32. The maximum atomic E-state index is 13.3. The third-order valence-electron chi connectivity index (χ3n) is 6.45. The van der Waals surface area contributed by atoms with Crippen molar-refractivity contribution in [1.82, 2.24) is 30.1 Å². The number of carbonyl (C=O) groups excluding carboxylic acids is 2. The van der Waals surface area contributed by atoms with E-state index in [-0.39, 0.29) is 17.8 Å². The van der Waals surface area contributed by atoms with Gasteiger partial charge in [0.05, 0.1) is 11.1 Å². The summed E-state index contributed by atoms with van der Waals surface area (Å²) in [5, 5.41) is 5.89. The maximum Gasteiger partial charge on any atom is 0.321 e. The lowest BCUT2D eigenvalue weighted by Crippen LogP contribution is -2.48. The third-order valence-corrected chi connectivity index (χ3v) is 6.45. The number of aromatic amines is 1. The number of anilines is 1. The number of amides is 3.